The van der Waals surface area contributed by atoms with Gasteiger partial charge in [0.05, 0.1) is 5.60 Å². The van der Waals surface area contributed by atoms with Gasteiger partial charge in [-0.1, -0.05) is 46.8 Å². The van der Waals surface area contributed by atoms with E-state index in [1.165, 1.54) is 0 Å². The van der Waals surface area contributed by atoms with Crippen LogP contribution < -0.4 is 0 Å². The molecule has 3 heteroatoms. The third-order valence-electron chi connectivity index (χ3n) is 5.91. The molecular formula is C19H38O2Si. The fourth-order valence-electron chi connectivity index (χ4n) is 3.47. The predicted octanol–water partition coefficient (Wildman–Crippen LogP) is 5.53. The summed E-state index contributed by atoms with van der Waals surface area (Å²) < 4.78 is 6.47. The molecule has 0 aliphatic heterocycles. The minimum absolute atomic E-state index is 0.148. The maximum absolute atomic E-state index is 10.7. The van der Waals surface area contributed by atoms with Gasteiger partial charge in [-0.05, 0) is 62.6 Å². The first-order valence-corrected chi connectivity index (χ1v) is 11.7. The summed E-state index contributed by atoms with van der Waals surface area (Å²) in [5.74, 6) is 0.287. The molecule has 22 heavy (non-hydrogen) atoms. The molecule has 2 nitrogen and oxygen atoms in total. The van der Waals surface area contributed by atoms with Crippen LogP contribution in [0, 0.1) is 11.3 Å². The molecule has 1 rings (SSSR count). The second kappa shape index (κ2) is 6.41. The highest BCUT2D eigenvalue weighted by atomic mass is 28.4. The summed E-state index contributed by atoms with van der Waals surface area (Å²) in [5, 5.41) is 11.0. The Kier molecular flexibility index (Phi) is 5.80. The van der Waals surface area contributed by atoms with E-state index in [9.17, 15) is 5.11 Å². The number of allylic oxidation sites excluding steroid dienone is 1. The quantitative estimate of drug-likeness (QED) is 0.531. The average Bonchev–Trinajstić information content (AvgIpc) is 2.23. The van der Waals surface area contributed by atoms with Crippen LogP contribution in [-0.4, -0.2) is 25.1 Å². The van der Waals surface area contributed by atoms with Gasteiger partial charge in [0.25, 0.3) is 0 Å². The van der Waals surface area contributed by atoms with Crippen molar-refractivity contribution < 1.29 is 9.53 Å². The topological polar surface area (TPSA) is 29.5 Å². The van der Waals surface area contributed by atoms with Crippen molar-refractivity contribution in [2.24, 2.45) is 11.3 Å². The van der Waals surface area contributed by atoms with E-state index in [1.54, 1.807) is 0 Å². The van der Waals surface area contributed by atoms with Crippen molar-refractivity contribution in [2.75, 3.05) is 0 Å². The Labute approximate surface area is 139 Å². The lowest BCUT2D eigenvalue weighted by Gasteiger charge is -2.45. The fourth-order valence-corrected chi connectivity index (χ4v) is 4.95. The monoisotopic (exact) mass is 326 g/mol. The molecule has 0 fully saturated rings. The van der Waals surface area contributed by atoms with Crippen molar-refractivity contribution in [1.29, 1.82) is 0 Å². The molecule has 0 bridgehead atoms. The number of hydrogen-bond acceptors (Lipinski definition) is 2. The molecule has 0 aromatic carbocycles. The normalized spacial score (nSPS) is 30.4. The number of hydrogen-bond donors (Lipinski definition) is 1. The van der Waals surface area contributed by atoms with Crippen LogP contribution in [0.2, 0.25) is 18.1 Å². The van der Waals surface area contributed by atoms with Crippen molar-refractivity contribution in [2.45, 2.75) is 97.6 Å². The third kappa shape index (κ3) is 4.69. The van der Waals surface area contributed by atoms with Crippen LogP contribution in [0.25, 0.3) is 0 Å². The Bertz CT molecular complexity index is 402. The lowest BCUT2D eigenvalue weighted by Crippen LogP contribution is -2.46. The van der Waals surface area contributed by atoms with Crippen molar-refractivity contribution in [1.82, 2.24) is 0 Å². The van der Waals surface area contributed by atoms with E-state index in [4.69, 9.17) is 4.43 Å². The van der Waals surface area contributed by atoms with Gasteiger partial charge in [-0.15, -0.1) is 0 Å². The molecule has 0 saturated heterocycles. The fraction of sp³-hybridized carbons (Fsp3) is 0.895. The van der Waals surface area contributed by atoms with E-state index < -0.39 is 13.9 Å². The van der Waals surface area contributed by atoms with Gasteiger partial charge >= 0.3 is 0 Å². The standard InChI is InChI=1S/C19H38O2Si/c1-15(21-22(8,9)17(2,3)4)11-12-16-18(5,6)13-10-14-19(16,7)20/h10,14-16,20H,11-13H2,1-9H3/t15-,16-,19+/m0/s1. The highest BCUT2D eigenvalue weighted by Gasteiger charge is 2.43. The zero-order chi connectivity index (χ0) is 17.4. The van der Waals surface area contributed by atoms with Crippen molar-refractivity contribution in [3.63, 3.8) is 0 Å². The maximum Gasteiger partial charge on any atom is 0.192 e. The number of rotatable bonds is 5. The molecule has 1 aliphatic carbocycles. The summed E-state index contributed by atoms with van der Waals surface area (Å²) in [6, 6.07) is 0. The predicted molar refractivity (Wildman–Crippen MR) is 98.6 cm³/mol. The molecule has 3 atom stereocenters. The lowest BCUT2D eigenvalue weighted by atomic mass is 9.63. The van der Waals surface area contributed by atoms with Crippen molar-refractivity contribution in [3.05, 3.63) is 12.2 Å². The van der Waals surface area contributed by atoms with Crippen LogP contribution in [0.5, 0.6) is 0 Å². The summed E-state index contributed by atoms with van der Waals surface area (Å²) in [5.41, 5.74) is -0.548. The summed E-state index contributed by atoms with van der Waals surface area (Å²) >= 11 is 0. The molecule has 130 valence electrons. The van der Waals surface area contributed by atoms with Gasteiger partial charge in [0.15, 0.2) is 8.32 Å². The highest BCUT2D eigenvalue weighted by Crippen LogP contribution is 2.45. The van der Waals surface area contributed by atoms with Crippen LogP contribution in [0.4, 0.5) is 0 Å². The molecule has 0 saturated carbocycles. The summed E-state index contributed by atoms with van der Waals surface area (Å²) in [4.78, 5) is 0. The van der Waals surface area contributed by atoms with Gasteiger partial charge in [-0.25, -0.2) is 0 Å². The Morgan fingerprint density at radius 3 is 2.27 bits per heavy atom. The summed E-state index contributed by atoms with van der Waals surface area (Å²) in [7, 11) is -1.70. The molecule has 1 N–H and O–H groups in total. The summed E-state index contributed by atoms with van der Waals surface area (Å²) in [6.45, 7) is 20.2. The molecular weight excluding hydrogens is 288 g/mol. The molecule has 1 aliphatic rings. The van der Waals surface area contributed by atoms with Crippen molar-refractivity contribution >= 4 is 8.32 Å². The second-order valence-electron chi connectivity index (χ2n) is 9.64. The first-order chi connectivity index (χ1) is 9.69. The maximum atomic E-state index is 10.7. The zero-order valence-corrected chi connectivity index (χ0v) is 17.3. The van der Waals surface area contributed by atoms with E-state index in [0.717, 1.165) is 19.3 Å². The largest absolute Gasteiger partial charge is 0.414 e. The van der Waals surface area contributed by atoms with E-state index in [1.807, 2.05) is 13.0 Å². The average molecular weight is 327 g/mol. The van der Waals surface area contributed by atoms with E-state index in [-0.39, 0.29) is 22.5 Å². The first-order valence-electron chi connectivity index (χ1n) is 8.77. The Morgan fingerprint density at radius 1 is 1.27 bits per heavy atom. The molecule has 0 radical (unpaired) electrons. The molecule has 0 spiro atoms. The van der Waals surface area contributed by atoms with Crippen LogP contribution in [-0.2, 0) is 4.43 Å². The first kappa shape index (κ1) is 19.9. The smallest absolute Gasteiger partial charge is 0.192 e. The van der Waals surface area contributed by atoms with Crippen LogP contribution >= 0.6 is 0 Å². The molecule has 0 aromatic heterocycles. The summed E-state index contributed by atoms with van der Waals surface area (Å²) in [6.07, 6.45) is 7.46. The molecule has 0 heterocycles. The van der Waals surface area contributed by atoms with E-state index in [2.05, 4.69) is 60.7 Å². The van der Waals surface area contributed by atoms with Crippen LogP contribution in [0.1, 0.15) is 67.7 Å². The molecule has 0 aromatic rings. The minimum atomic E-state index is -1.70. The van der Waals surface area contributed by atoms with Crippen molar-refractivity contribution in [3.8, 4) is 0 Å². The zero-order valence-electron chi connectivity index (χ0n) is 16.3. The Hall–Kier alpha value is -0.123. The van der Waals surface area contributed by atoms with E-state index in [0.29, 0.717) is 0 Å². The molecule has 0 unspecified atom stereocenters. The Morgan fingerprint density at radius 2 is 1.82 bits per heavy atom. The SMILES string of the molecule is C[C@@H](CC[C@H]1C(C)(C)CC=C[C@@]1(C)O)O[Si](C)(C)C(C)(C)C. The minimum Gasteiger partial charge on any atom is -0.414 e. The van der Waals surface area contributed by atoms with Crippen LogP contribution in [0.15, 0.2) is 12.2 Å². The third-order valence-corrected chi connectivity index (χ3v) is 10.5. The van der Waals surface area contributed by atoms with Gasteiger partial charge < -0.3 is 9.53 Å². The van der Waals surface area contributed by atoms with Crippen LogP contribution in [0.3, 0.4) is 0 Å². The van der Waals surface area contributed by atoms with E-state index >= 15 is 0 Å². The highest BCUT2D eigenvalue weighted by molar-refractivity contribution is 6.74. The van der Waals surface area contributed by atoms with Gasteiger partial charge in [-0.2, -0.15) is 0 Å². The lowest BCUT2D eigenvalue weighted by molar-refractivity contribution is -0.0324. The Balaban J connectivity index is 2.67. The van der Waals surface area contributed by atoms with Gasteiger partial charge in [0.1, 0.15) is 0 Å². The second-order valence-corrected chi connectivity index (χ2v) is 14.4. The van der Waals surface area contributed by atoms with Gasteiger partial charge in [0.2, 0.25) is 0 Å². The van der Waals surface area contributed by atoms with Gasteiger partial charge in [-0.3, -0.25) is 0 Å². The van der Waals surface area contributed by atoms with Gasteiger partial charge in [0, 0.05) is 6.10 Å². The number of aliphatic hydroxyl groups is 1. The molecule has 0 amide bonds.